The molecule has 2 unspecified atom stereocenters. The van der Waals surface area contributed by atoms with Gasteiger partial charge in [0.1, 0.15) is 0 Å². The van der Waals surface area contributed by atoms with E-state index in [0.29, 0.717) is 0 Å². The second-order valence-corrected chi connectivity index (χ2v) is 7.31. The van der Waals surface area contributed by atoms with Gasteiger partial charge >= 0.3 is 0 Å². The Labute approximate surface area is 161 Å². The third-order valence-electron chi connectivity index (χ3n) is 5.49. The molecular formula is C25H25NO. The monoisotopic (exact) mass is 355 g/mol. The lowest BCUT2D eigenvalue weighted by Crippen LogP contribution is -2.35. The van der Waals surface area contributed by atoms with E-state index >= 15 is 0 Å². The molecular weight excluding hydrogens is 330 g/mol. The number of hydrogen-bond donors (Lipinski definition) is 1. The minimum absolute atomic E-state index is 0.0183. The average molecular weight is 355 g/mol. The van der Waals surface area contributed by atoms with Crippen molar-refractivity contribution in [3.8, 4) is 0 Å². The normalized spacial score (nSPS) is 17.0. The summed E-state index contributed by atoms with van der Waals surface area (Å²) in [7, 11) is 0. The molecule has 3 aromatic rings. The van der Waals surface area contributed by atoms with Crippen molar-refractivity contribution in [3.63, 3.8) is 0 Å². The molecule has 0 aromatic heterocycles. The second kappa shape index (κ2) is 8.22. The maximum Gasteiger partial charge on any atom is 0.228 e. The fraction of sp³-hybridized carbons (Fsp3) is 0.240. The van der Waals surface area contributed by atoms with Crippen LogP contribution in [0.4, 0.5) is 0 Å². The highest BCUT2D eigenvalue weighted by Crippen LogP contribution is 2.32. The number of benzene rings is 3. The van der Waals surface area contributed by atoms with Crippen LogP contribution in [0.25, 0.3) is 0 Å². The van der Waals surface area contributed by atoms with Gasteiger partial charge in [-0.05, 0) is 47.9 Å². The second-order valence-electron chi connectivity index (χ2n) is 7.31. The third kappa shape index (κ3) is 4.11. The number of nitrogens with one attached hydrogen (secondary N) is 1. The third-order valence-corrected chi connectivity index (χ3v) is 5.49. The summed E-state index contributed by atoms with van der Waals surface area (Å²) in [6.45, 7) is 0. The molecule has 4 rings (SSSR count). The van der Waals surface area contributed by atoms with Crippen LogP contribution < -0.4 is 5.32 Å². The van der Waals surface area contributed by atoms with Gasteiger partial charge in [0.15, 0.2) is 0 Å². The van der Waals surface area contributed by atoms with Crippen molar-refractivity contribution in [1.29, 1.82) is 0 Å². The number of carbonyl (C=O) groups is 1. The van der Waals surface area contributed by atoms with E-state index in [1.54, 1.807) is 0 Å². The van der Waals surface area contributed by atoms with E-state index in [-0.39, 0.29) is 17.9 Å². The Bertz CT molecular complexity index is 888. The van der Waals surface area contributed by atoms with Gasteiger partial charge in [0.25, 0.3) is 0 Å². The highest BCUT2D eigenvalue weighted by molar-refractivity contribution is 5.84. The van der Waals surface area contributed by atoms with Crippen LogP contribution in [-0.2, 0) is 17.6 Å². The molecule has 1 aliphatic carbocycles. The molecule has 2 atom stereocenters. The summed E-state index contributed by atoms with van der Waals surface area (Å²) in [5.41, 5.74) is 4.91. The van der Waals surface area contributed by atoms with Crippen molar-refractivity contribution in [1.82, 2.24) is 5.32 Å². The summed E-state index contributed by atoms with van der Waals surface area (Å²) >= 11 is 0. The molecule has 0 spiro atoms. The fourth-order valence-electron chi connectivity index (χ4n) is 4.09. The molecule has 2 nitrogen and oxygen atoms in total. The van der Waals surface area contributed by atoms with Crippen LogP contribution in [0, 0.1) is 0 Å². The molecule has 136 valence electrons. The Kier molecular flexibility index (Phi) is 5.34. The van der Waals surface area contributed by atoms with Gasteiger partial charge in [-0.2, -0.15) is 0 Å². The lowest BCUT2D eigenvalue weighted by Gasteiger charge is -2.27. The van der Waals surface area contributed by atoms with Gasteiger partial charge in [-0.15, -0.1) is 0 Å². The highest BCUT2D eigenvalue weighted by Gasteiger charge is 2.28. The minimum Gasteiger partial charge on any atom is -0.348 e. The fourth-order valence-corrected chi connectivity index (χ4v) is 4.09. The number of amides is 1. The summed E-state index contributed by atoms with van der Waals surface area (Å²) in [5.74, 6) is 0.101. The van der Waals surface area contributed by atoms with E-state index < -0.39 is 0 Å². The highest BCUT2D eigenvalue weighted by atomic mass is 16.1. The molecule has 1 aliphatic rings. The van der Waals surface area contributed by atoms with Gasteiger partial charge in [0.05, 0.1) is 12.0 Å². The molecule has 1 N–H and O–H groups in total. The zero-order valence-corrected chi connectivity index (χ0v) is 15.5. The zero-order valence-electron chi connectivity index (χ0n) is 15.5. The molecule has 0 bridgehead atoms. The quantitative estimate of drug-likeness (QED) is 0.669. The van der Waals surface area contributed by atoms with Crippen molar-refractivity contribution in [2.45, 2.75) is 37.6 Å². The SMILES string of the molecule is O=C(NC(Cc1ccccc1)c1ccccc1)C1CCCc2ccccc21. The van der Waals surface area contributed by atoms with Crippen molar-refractivity contribution >= 4 is 5.91 Å². The van der Waals surface area contributed by atoms with Crippen molar-refractivity contribution in [2.75, 3.05) is 0 Å². The Balaban J connectivity index is 1.57. The van der Waals surface area contributed by atoms with E-state index in [1.807, 2.05) is 30.3 Å². The van der Waals surface area contributed by atoms with Crippen LogP contribution in [-0.4, -0.2) is 5.91 Å². The van der Waals surface area contributed by atoms with Crippen LogP contribution in [0.1, 0.15) is 47.1 Å². The smallest absolute Gasteiger partial charge is 0.228 e. The summed E-state index contributed by atoms with van der Waals surface area (Å²) in [6.07, 6.45) is 3.87. The first-order valence-electron chi connectivity index (χ1n) is 9.78. The van der Waals surface area contributed by atoms with Gasteiger partial charge in [-0.25, -0.2) is 0 Å². The first-order valence-corrected chi connectivity index (χ1v) is 9.78. The zero-order chi connectivity index (χ0) is 18.5. The van der Waals surface area contributed by atoms with Crippen LogP contribution in [0.2, 0.25) is 0 Å². The summed E-state index contributed by atoms with van der Waals surface area (Å²) in [4.78, 5) is 13.2. The predicted octanol–water partition coefficient (Wildman–Crippen LogP) is 5.21. The predicted molar refractivity (Wildman–Crippen MR) is 110 cm³/mol. The molecule has 0 saturated carbocycles. The number of aryl methyl sites for hydroxylation is 1. The topological polar surface area (TPSA) is 29.1 Å². The molecule has 0 saturated heterocycles. The molecule has 3 aromatic carbocycles. The van der Waals surface area contributed by atoms with Crippen LogP contribution in [0.3, 0.4) is 0 Å². The summed E-state index contributed by atoms with van der Waals surface area (Å²) in [6, 6.07) is 29.0. The Hall–Kier alpha value is -2.87. The largest absolute Gasteiger partial charge is 0.348 e. The Morgan fingerprint density at radius 1 is 0.889 bits per heavy atom. The van der Waals surface area contributed by atoms with Gasteiger partial charge < -0.3 is 5.32 Å². The molecule has 1 amide bonds. The average Bonchev–Trinajstić information content (AvgIpc) is 2.74. The van der Waals surface area contributed by atoms with E-state index in [4.69, 9.17) is 0 Å². The van der Waals surface area contributed by atoms with E-state index in [1.165, 1.54) is 16.7 Å². The first kappa shape index (κ1) is 17.5. The maximum atomic E-state index is 13.2. The van der Waals surface area contributed by atoms with Gasteiger partial charge in [-0.1, -0.05) is 84.9 Å². The van der Waals surface area contributed by atoms with Crippen LogP contribution in [0.15, 0.2) is 84.9 Å². The molecule has 0 radical (unpaired) electrons. The molecule has 27 heavy (non-hydrogen) atoms. The summed E-state index contributed by atoms with van der Waals surface area (Å²) in [5, 5.41) is 3.35. The molecule has 0 fully saturated rings. The Morgan fingerprint density at radius 2 is 1.56 bits per heavy atom. The van der Waals surface area contributed by atoms with Crippen LogP contribution >= 0.6 is 0 Å². The lowest BCUT2D eigenvalue weighted by molar-refractivity contribution is -0.123. The number of carbonyl (C=O) groups excluding carboxylic acids is 1. The van der Waals surface area contributed by atoms with E-state index in [9.17, 15) is 4.79 Å². The number of rotatable bonds is 5. The standard InChI is InChI=1S/C25H25NO/c27-25(23-17-9-15-20-12-7-8-16-22(20)23)26-24(21-13-5-2-6-14-21)18-19-10-3-1-4-11-19/h1-8,10-14,16,23-24H,9,15,17-18H2,(H,26,27). The summed E-state index contributed by atoms with van der Waals surface area (Å²) < 4.78 is 0. The first-order chi connectivity index (χ1) is 13.3. The van der Waals surface area contributed by atoms with Gasteiger partial charge in [0.2, 0.25) is 5.91 Å². The van der Waals surface area contributed by atoms with Gasteiger partial charge in [-0.3, -0.25) is 4.79 Å². The van der Waals surface area contributed by atoms with E-state index in [0.717, 1.165) is 31.2 Å². The Morgan fingerprint density at radius 3 is 2.33 bits per heavy atom. The van der Waals surface area contributed by atoms with Crippen molar-refractivity contribution < 1.29 is 4.79 Å². The number of fused-ring (bicyclic) bond motifs is 1. The van der Waals surface area contributed by atoms with Crippen LogP contribution in [0.5, 0.6) is 0 Å². The molecule has 2 heteroatoms. The molecule has 0 heterocycles. The maximum absolute atomic E-state index is 13.2. The minimum atomic E-state index is -0.0445. The van der Waals surface area contributed by atoms with Crippen molar-refractivity contribution in [3.05, 3.63) is 107 Å². The lowest BCUT2D eigenvalue weighted by atomic mass is 9.82. The van der Waals surface area contributed by atoms with E-state index in [2.05, 4.69) is 59.9 Å². The molecule has 0 aliphatic heterocycles. The van der Waals surface area contributed by atoms with Crippen molar-refractivity contribution in [2.24, 2.45) is 0 Å². The number of hydrogen-bond acceptors (Lipinski definition) is 1. The van der Waals surface area contributed by atoms with Gasteiger partial charge in [0, 0.05) is 0 Å².